The molecule has 2 heteroatoms. The van der Waals surface area contributed by atoms with E-state index in [2.05, 4.69) is 13.8 Å². The molecular weight excluding hydrogens is 212 g/mol. The highest BCUT2D eigenvalue weighted by molar-refractivity contribution is 4.71. The number of ether oxygens (including phenoxy) is 2. The van der Waals surface area contributed by atoms with Crippen molar-refractivity contribution in [1.29, 1.82) is 0 Å². The highest BCUT2D eigenvalue weighted by Crippen LogP contribution is 2.27. The molecule has 100 valence electrons. The standard InChI is InChI=1S/C15H28O2/c1-12-8-10-15(11-9-12)17-13(2)16-14-6-4-3-5-7-14/h12-15H,3-11H2,1-2H3. The van der Waals surface area contributed by atoms with Crippen LogP contribution in [0.2, 0.25) is 0 Å². The third kappa shape index (κ3) is 4.59. The van der Waals surface area contributed by atoms with Gasteiger partial charge in [0.25, 0.3) is 0 Å². The normalized spacial score (nSPS) is 33.5. The molecular formula is C15H28O2. The molecule has 0 bridgehead atoms. The second kappa shape index (κ2) is 6.75. The zero-order valence-electron chi connectivity index (χ0n) is 11.5. The quantitative estimate of drug-likeness (QED) is 0.683. The van der Waals surface area contributed by atoms with Crippen LogP contribution >= 0.6 is 0 Å². The van der Waals surface area contributed by atoms with Gasteiger partial charge in [-0.2, -0.15) is 0 Å². The van der Waals surface area contributed by atoms with Crippen molar-refractivity contribution in [1.82, 2.24) is 0 Å². The fourth-order valence-corrected chi connectivity index (χ4v) is 3.14. The Kier molecular flexibility index (Phi) is 5.30. The lowest BCUT2D eigenvalue weighted by atomic mass is 9.89. The number of rotatable bonds is 4. The minimum Gasteiger partial charge on any atom is -0.350 e. The summed E-state index contributed by atoms with van der Waals surface area (Å²) < 4.78 is 12.0. The summed E-state index contributed by atoms with van der Waals surface area (Å²) in [5.74, 6) is 0.893. The predicted octanol–water partition coefficient (Wildman–Crippen LogP) is 4.28. The molecule has 1 atom stereocenters. The van der Waals surface area contributed by atoms with Gasteiger partial charge in [-0.15, -0.1) is 0 Å². The molecule has 2 fully saturated rings. The van der Waals surface area contributed by atoms with E-state index in [0.29, 0.717) is 12.2 Å². The second-order valence-electron chi connectivity index (χ2n) is 5.98. The Bertz CT molecular complexity index is 203. The third-order valence-corrected chi connectivity index (χ3v) is 4.28. The Morgan fingerprint density at radius 3 is 1.88 bits per heavy atom. The van der Waals surface area contributed by atoms with Crippen LogP contribution in [0.1, 0.15) is 71.6 Å². The minimum absolute atomic E-state index is 0.00324. The Morgan fingerprint density at radius 1 is 0.765 bits per heavy atom. The van der Waals surface area contributed by atoms with Gasteiger partial charge in [-0.05, 0) is 51.4 Å². The van der Waals surface area contributed by atoms with Gasteiger partial charge in [-0.25, -0.2) is 0 Å². The zero-order valence-corrected chi connectivity index (χ0v) is 11.5. The Morgan fingerprint density at radius 2 is 1.29 bits per heavy atom. The third-order valence-electron chi connectivity index (χ3n) is 4.28. The smallest absolute Gasteiger partial charge is 0.155 e. The maximum Gasteiger partial charge on any atom is 0.155 e. The van der Waals surface area contributed by atoms with Gasteiger partial charge in [0.15, 0.2) is 6.29 Å². The number of hydrogen-bond donors (Lipinski definition) is 0. The van der Waals surface area contributed by atoms with E-state index in [4.69, 9.17) is 9.47 Å². The van der Waals surface area contributed by atoms with E-state index in [-0.39, 0.29) is 6.29 Å². The summed E-state index contributed by atoms with van der Waals surface area (Å²) in [7, 11) is 0. The second-order valence-corrected chi connectivity index (χ2v) is 5.98. The highest BCUT2D eigenvalue weighted by atomic mass is 16.7. The van der Waals surface area contributed by atoms with Crippen molar-refractivity contribution in [2.24, 2.45) is 5.92 Å². The molecule has 0 aromatic rings. The predicted molar refractivity (Wildman–Crippen MR) is 69.9 cm³/mol. The van der Waals surface area contributed by atoms with E-state index >= 15 is 0 Å². The molecule has 2 saturated carbocycles. The molecule has 0 spiro atoms. The Balaban J connectivity index is 1.64. The van der Waals surface area contributed by atoms with E-state index in [1.54, 1.807) is 0 Å². The van der Waals surface area contributed by atoms with Crippen LogP contribution in [0.25, 0.3) is 0 Å². The van der Waals surface area contributed by atoms with Crippen molar-refractivity contribution >= 4 is 0 Å². The monoisotopic (exact) mass is 240 g/mol. The van der Waals surface area contributed by atoms with Crippen LogP contribution in [0.4, 0.5) is 0 Å². The summed E-state index contributed by atoms with van der Waals surface area (Å²) in [4.78, 5) is 0. The van der Waals surface area contributed by atoms with Crippen molar-refractivity contribution < 1.29 is 9.47 Å². The zero-order chi connectivity index (χ0) is 12.1. The summed E-state index contributed by atoms with van der Waals surface area (Å²) in [5.41, 5.74) is 0. The maximum atomic E-state index is 6.02. The van der Waals surface area contributed by atoms with Crippen LogP contribution in [-0.2, 0) is 9.47 Å². The molecule has 0 amide bonds. The first-order valence-electron chi connectivity index (χ1n) is 7.55. The van der Waals surface area contributed by atoms with E-state index in [1.165, 1.54) is 57.8 Å². The van der Waals surface area contributed by atoms with Crippen LogP contribution in [-0.4, -0.2) is 18.5 Å². The van der Waals surface area contributed by atoms with Crippen molar-refractivity contribution in [2.45, 2.75) is 90.1 Å². The molecule has 2 aliphatic carbocycles. The SMILES string of the molecule is CC1CCC(OC(C)OC2CCCCC2)CC1. The van der Waals surface area contributed by atoms with Gasteiger partial charge in [-0.1, -0.05) is 26.2 Å². The first kappa shape index (κ1) is 13.4. The molecule has 2 rings (SSSR count). The van der Waals surface area contributed by atoms with E-state index in [0.717, 1.165) is 5.92 Å². The van der Waals surface area contributed by atoms with Crippen molar-refractivity contribution in [3.63, 3.8) is 0 Å². The van der Waals surface area contributed by atoms with Crippen LogP contribution in [0, 0.1) is 5.92 Å². The fraction of sp³-hybridized carbons (Fsp3) is 1.00. The summed E-state index contributed by atoms with van der Waals surface area (Å²) in [6, 6.07) is 0. The van der Waals surface area contributed by atoms with Crippen molar-refractivity contribution in [2.75, 3.05) is 0 Å². The first-order valence-corrected chi connectivity index (χ1v) is 7.55. The number of hydrogen-bond acceptors (Lipinski definition) is 2. The molecule has 1 unspecified atom stereocenters. The topological polar surface area (TPSA) is 18.5 Å². The van der Waals surface area contributed by atoms with E-state index < -0.39 is 0 Å². The van der Waals surface area contributed by atoms with E-state index in [1.807, 2.05) is 0 Å². The van der Waals surface area contributed by atoms with Gasteiger partial charge in [0, 0.05) is 0 Å². The fourth-order valence-electron chi connectivity index (χ4n) is 3.14. The summed E-state index contributed by atoms with van der Waals surface area (Å²) >= 11 is 0. The van der Waals surface area contributed by atoms with Gasteiger partial charge < -0.3 is 9.47 Å². The average molecular weight is 240 g/mol. The molecule has 0 heterocycles. The molecule has 0 saturated heterocycles. The average Bonchev–Trinajstić information content (AvgIpc) is 2.33. The van der Waals surface area contributed by atoms with E-state index in [9.17, 15) is 0 Å². The van der Waals surface area contributed by atoms with Gasteiger partial charge in [-0.3, -0.25) is 0 Å². The minimum atomic E-state index is -0.00324. The lowest BCUT2D eigenvalue weighted by molar-refractivity contribution is -0.195. The molecule has 17 heavy (non-hydrogen) atoms. The Hall–Kier alpha value is -0.0800. The molecule has 0 aliphatic heterocycles. The van der Waals surface area contributed by atoms with Crippen LogP contribution < -0.4 is 0 Å². The van der Waals surface area contributed by atoms with Gasteiger partial charge in [0.2, 0.25) is 0 Å². The van der Waals surface area contributed by atoms with Crippen LogP contribution in [0.5, 0.6) is 0 Å². The summed E-state index contributed by atoms with van der Waals surface area (Å²) in [5, 5.41) is 0. The summed E-state index contributed by atoms with van der Waals surface area (Å²) in [6.07, 6.45) is 12.5. The van der Waals surface area contributed by atoms with Crippen LogP contribution in [0.3, 0.4) is 0 Å². The van der Waals surface area contributed by atoms with Crippen LogP contribution in [0.15, 0.2) is 0 Å². The first-order chi connectivity index (χ1) is 8.24. The van der Waals surface area contributed by atoms with Gasteiger partial charge >= 0.3 is 0 Å². The lowest BCUT2D eigenvalue weighted by Gasteiger charge is -2.31. The maximum absolute atomic E-state index is 6.02. The molecule has 0 radical (unpaired) electrons. The largest absolute Gasteiger partial charge is 0.350 e. The van der Waals surface area contributed by atoms with Crippen molar-refractivity contribution in [3.8, 4) is 0 Å². The molecule has 0 aromatic heterocycles. The molecule has 0 aromatic carbocycles. The van der Waals surface area contributed by atoms with Gasteiger partial charge in [0.1, 0.15) is 0 Å². The summed E-state index contributed by atoms with van der Waals surface area (Å²) in [6.45, 7) is 4.42. The molecule has 2 nitrogen and oxygen atoms in total. The van der Waals surface area contributed by atoms with Gasteiger partial charge in [0.05, 0.1) is 12.2 Å². The van der Waals surface area contributed by atoms with Crippen molar-refractivity contribution in [3.05, 3.63) is 0 Å². The lowest BCUT2D eigenvalue weighted by Crippen LogP contribution is -2.30. The Labute approximate surface area is 106 Å². The molecule has 0 N–H and O–H groups in total. The highest BCUT2D eigenvalue weighted by Gasteiger charge is 2.23. The molecule has 2 aliphatic rings.